The number of benzene rings is 1. The third-order valence-corrected chi connectivity index (χ3v) is 4.14. The monoisotopic (exact) mass is 337 g/mol. The van der Waals surface area contributed by atoms with Crippen molar-refractivity contribution < 1.29 is 23.2 Å². The van der Waals surface area contributed by atoms with E-state index in [4.69, 9.17) is 0 Å². The van der Waals surface area contributed by atoms with Crippen molar-refractivity contribution in [1.29, 1.82) is 0 Å². The van der Waals surface area contributed by atoms with Gasteiger partial charge in [-0.05, 0) is 17.7 Å². The lowest BCUT2D eigenvalue weighted by atomic mass is 10.1. The smallest absolute Gasteiger partial charge is 0.262 e. The minimum atomic E-state index is -2.86. The van der Waals surface area contributed by atoms with Crippen LogP contribution in [0.15, 0.2) is 24.3 Å². The first-order valence-electron chi connectivity index (χ1n) is 7.68. The van der Waals surface area contributed by atoms with Crippen LogP contribution in [0.4, 0.5) is 14.5 Å². The van der Waals surface area contributed by atoms with Crippen molar-refractivity contribution in [3.05, 3.63) is 29.8 Å². The fraction of sp³-hybridized carbons (Fsp3) is 0.438. The van der Waals surface area contributed by atoms with Gasteiger partial charge in [0.25, 0.3) is 5.92 Å². The van der Waals surface area contributed by atoms with Gasteiger partial charge in [-0.1, -0.05) is 12.1 Å². The standard InChI is InChI=1S/C16H17F2N3O3/c17-16(18)7-12(19-9-16)15(24)20-11-3-1-10(2-4-11)8-21-13(22)5-6-14(21)23/h1-4,12,19H,5-9H2,(H,20,24). The largest absolute Gasteiger partial charge is 0.325 e. The molecule has 0 spiro atoms. The number of imide groups is 1. The number of alkyl halides is 2. The second kappa shape index (κ2) is 6.27. The molecule has 1 aromatic rings. The van der Waals surface area contributed by atoms with Crippen LogP contribution in [0, 0.1) is 0 Å². The van der Waals surface area contributed by atoms with Crippen LogP contribution in [0.2, 0.25) is 0 Å². The van der Waals surface area contributed by atoms with Gasteiger partial charge in [0, 0.05) is 24.9 Å². The maximum atomic E-state index is 13.1. The van der Waals surface area contributed by atoms with Crippen molar-refractivity contribution in [1.82, 2.24) is 10.2 Å². The molecule has 2 saturated heterocycles. The molecular formula is C16H17F2N3O3. The number of nitrogens with zero attached hydrogens (tertiary/aromatic N) is 1. The molecule has 0 radical (unpaired) electrons. The van der Waals surface area contributed by atoms with Crippen molar-refractivity contribution in [2.45, 2.75) is 37.8 Å². The Bertz CT molecular complexity index is 660. The highest BCUT2D eigenvalue weighted by molar-refractivity contribution is 6.01. The Morgan fingerprint density at radius 3 is 2.38 bits per heavy atom. The van der Waals surface area contributed by atoms with Crippen molar-refractivity contribution in [2.24, 2.45) is 0 Å². The molecule has 2 aliphatic heterocycles. The summed E-state index contributed by atoms with van der Waals surface area (Å²) in [5.41, 5.74) is 1.22. The number of likely N-dealkylation sites (tertiary alicyclic amines) is 1. The zero-order valence-electron chi connectivity index (χ0n) is 12.9. The molecule has 8 heteroatoms. The quantitative estimate of drug-likeness (QED) is 0.811. The van der Waals surface area contributed by atoms with E-state index in [2.05, 4.69) is 10.6 Å². The number of anilines is 1. The number of carbonyl (C=O) groups excluding carboxylic acids is 3. The zero-order valence-corrected chi connectivity index (χ0v) is 12.9. The van der Waals surface area contributed by atoms with Crippen molar-refractivity contribution >= 4 is 23.4 Å². The molecule has 0 aliphatic carbocycles. The van der Waals surface area contributed by atoms with Crippen LogP contribution in [0.5, 0.6) is 0 Å². The first-order chi connectivity index (χ1) is 11.3. The Balaban J connectivity index is 1.58. The van der Waals surface area contributed by atoms with Gasteiger partial charge >= 0.3 is 0 Å². The van der Waals surface area contributed by atoms with Gasteiger partial charge in [-0.25, -0.2) is 8.78 Å². The van der Waals surface area contributed by atoms with Gasteiger partial charge in [0.1, 0.15) is 0 Å². The first kappa shape index (κ1) is 16.5. The Hall–Kier alpha value is -2.35. The Morgan fingerprint density at radius 1 is 1.21 bits per heavy atom. The summed E-state index contributed by atoms with van der Waals surface area (Å²) in [6.45, 7) is -0.301. The zero-order chi connectivity index (χ0) is 17.3. The predicted molar refractivity (Wildman–Crippen MR) is 81.2 cm³/mol. The van der Waals surface area contributed by atoms with Gasteiger partial charge in [0.05, 0.1) is 19.1 Å². The molecule has 0 saturated carbocycles. The van der Waals surface area contributed by atoms with E-state index in [1.807, 2.05) is 0 Å². The number of halogens is 2. The van der Waals surface area contributed by atoms with E-state index in [9.17, 15) is 23.2 Å². The summed E-state index contributed by atoms with van der Waals surface area (Å²) in [4.78, 5) is 36.3. The van der Waals surface area contributed by atoms with Gasteiger partial charge in [0.2, 0.25) is 17.7 Å². The number of hydrogen-bond acceptors (Lipinski definition) is 4. The minimum Gasteiger partial charge on any atom is -0.325 e. The lowest BCUT2D eigenvalue weighted by Gasteiger charge is -2.15. The molecule has 0 bridgehead atoms. The third kappa shape index (κ3) is 3.59. The SMILES string of the molecule is O=C(Nc1ccc(CN2C(=O)CCC2=O)cc1)C1CC(F)(F)CN1. The number of rotatable bonds is 4. The van der Waals surface area contributed by atoms with Crippen molar-refractivity contribution in [2.75, 3.05) is 11.9 Å². The van der Waals surface area contributed by atoms with E-state index in [-0.39, 0.29) is 31.2 Å². The molecule has 1 aromatic carbocycles. The van der Waals surface area contributed by atoms with Crippen molar-refractivity contribution in [3.8, 4) is 0 Å². The van der Waals surface area contributed by atoms with Crippen molar-refractivity contribution in [3.63, 3.8) is 0 Å². The summed E-state index contributed by atoms with van der Waals surface area (Å²) in [5.74, 6) is -3.75. The predicted octanol–water partition coefficient (Wildman–Crippen LogP) is 1.27. The van der Waals surface area contributed by atoms with Crippen LogP contribution in [0.25, 0.3) is 0 Å². The van der Waals surface area contributed by atoms with Crippen LogP contribution < -0.4 is 10.6 Å². The van der Waals surface area contributed by atoms with Crippen LogP contribution >= 0.6 is 0 Å². The van der Waals surface area contributed by atoms with Gasteiger partial charge in [-0.15, -0.1) is 0 Å². The van der Waals surface area contributed by atoms with Gasteiger partial charge in [-0.2, -0.15) is 0 Å². The first-order valence-corrected chi connectivity index (χ1v) is 7.68. The van der Waals surface area contributed by atoms with E-state index in [1.54, 1.807) is 24.3 Å². The van der Waals surface area contributed by atoms with E-state index in [0.717, 1.165) is 5.56 Å². The van der Waals surface area contributed by atoms with E-state index in [1.165, 1.54) is 4.90 Å². The number of carbonyl (C=O) groups is 3. The Kier molecular flexibility index (Phi) is 4.31. The lowest BCUT2D eigenvalue weighted by Crippen LogP contribution is -2.35. The third-order valence-electron chi connectivity index (χ3n) is 4.14. The topological polar surface area (TPSA) is 78.5 Å². The summed E-state index contributed by atoms with van der Waals surface area (Å²) in [7, 11) is 0. The summed E-state index contributed by atoms with van der Waals surface area (Å²) < 4.78 is 26.2. The molecule has 1 unspecified atom stereocenters. The molecular weight excluding hydrogens is 320 g/mol. The van der Waals surface area contributed by atoms with Gasteiger partial charge in [-0.3, -0.25) is 24.6 Å². The second-order valence-corrected chi connectivity index (χ2v) is 6.05. The molecule has 2 fully saturated rings. The number of hydrogen-bond donors (Lipinski definition) is 2. The highest BCUT2D eigenvalue weighted by Crippen LogP contribution is 2.26. The van der Waals surface area contributed by atoms with Crippen LogP contribution in [0.1, 0.15) is 24.8 Å². The summed E-state index contributed by atoms with van der Waals surface area (Å²) in [6.07, 6.45) is -0.0336. The molecule has 24 heavy (non-hydrogen) atoms. The molecule has 6 nitrogen and oxygen atoms in total. The number of amides is 3. The highest BCUT2D eigenvalue weighted by atomic mass is 19.3. The fourth-order valence-electron chi connectivity index (χ4n) is 2.81. The average molecular weight is 337 g/mol. The Morgan fingerprint density at radius 2 is 1.83 bits per heavy atom. The van der Waals surface area contributed by atoms with Gasteiger partial charge < -0.3 is 5.32 Å². The maximum absolute atomic E-state index is 13.1. The molecule has 1 atom stereocenters. The second-order valence-electron chi connectivity index (χ2n) is 6.05. The van der Waals surface area contributed by atoms with E-state index in [0.29, 0.717) is 5.69 Å². The molecule has 0 aromatic heterocycles. The summed E-state index contributed by atoms with van der Waals surface area (Å²) in [6, 6.07) is 5.69. The van der Waals surface area contributed by atoms with Crippen LogP contribution in [-0.2, 0) is 20.9 Å². The van der Waals surface area contributed by atoms with Gasteiger partial charge in [0.15, 0.2) is 0 Å². The lowest BCUT2D eigenvalue weighted by molar-refractivity contribution is -0.139. The molecule has 2 aliphatic rings. The average Bonchev–Trinajstić information content (AvgIpc) is 3.05. The van der Waals surface area contributed by atoms with Crippen LogP contribution in [-0.4, -0.2) is 41.1 Å². The Labute approximate surface area is 137 Å². The molecule has 2 heterocycles. The van der Waals surface area contributed by atoms with E-state index < -0.39 is 30.8 Å². The molecule has 3 rings (SSSR count). The normalized spacial score (nSPS) is 22.9. The van der Waals surface area contributed by atoms with E-state index >= 15 is 0 Å². The minimum absolute atomic E-state index is 0.189. The summed E-state index contributed by atoms with van der Waals surface area (Å²) in [5, 5.41) is 5.07. The summed E-state index contributed by atoms with van der Waals surface area (Å²) >= 11 is 0. The highest BCUT2D eigenvalue weighted by Gasteiger charge is 2.42. The van der Waals surface area contributed by atoms with Crippen LogP contribution in [0.3, 0.4) is 0 Å². The maximum Gasteiger partial charge on any atom is 0.262 e. The molecule has 2 N–H and O–H groups in total. The molecule has 128 valence electrons. The number of nitrogens with one attached hydrogen (secondary N) is 2. The molecule has 3 amide bonds. The fourth-order valence-corrected chi connectivity index (χ4v) is 2.81.